The van der Waals surface area contributed by atoms with E-state index in [-0.39, 0.29) is 28.0 Å². The van der Waals surface area contributed by atoms with Crippen LogP contribution in [0.25, 0.3) is 11.1 Å². The molecule has 0 saturated carbocycles. The number of hydrogen-bond donors (Lipinski definition) is 1. The summed E-state index contributed by atoms with van der Waals surface area (Å²) < 4.78 is 0. The van der Waals surface area contributed by atoms with Crippen molar-refractivity contribution in [3.8, 4) is 16.9 Å². The smallest absolute Gasteiger partial charge is 0.270 e. The first-order chi connectivity index (χ1) is 14.6. The lowest BCUT2D eigenvalue weighted by Gasteiger charge is -2.22. The van der Waals surface area contributed by atoms with Gasteiger partial charge in [0.15, 0.2) is 0 Å². The number of fused-ring (bicyclic) bond motifs is 1. The van der Waals surface area contributed by atoms with Gasteiger partial charge in [-0.05, 0) is 34.7 Å². The van der Waals surface area contributed by atoms with E-state index in [4.69, 9.17) is 0 Å². The normalized spacial score (nSPS) is 13.5. The molecule has 0 aromatic heterocycles. The number of para-hydroxylation sites is 1. The Morgan fingerprint density at radius 3 is 2.13 bits per heavy atom. The van der Waals surface area contributed by atoms with Gasteiger partial charge in [0, 0.05) is 17.7 Å². The predicted molar refractivity (Wildman–Crippen MR) is 116 cm³/mol. The number of benzene rings is 3. The van der Waals surface area contributed by atoms with Gasteiger partial charge in [0.1, 0.15) is 5.75 Å². The van der Waals surface area contributed by atoms with Crippen LogP contribution in [0.2, 0.25) is 0 Å². The molecule has 4 rings (SSSR count). The molecular weight excluding hydrogens is 396 g/mol. The molecule has 1 aliphatic rings. The van der Waals surface area contributed by atoms with E-state index >= 15 is 0 Å². The van der Waals surface area contributed by atoms with Gasteiger partial charge in [0.05, 0.1) is 21.7 Å². The maximum atomic E-state index is 12.8. The van der Waals surface area contributed by atoms with Crippen molar-refractivity contribution in [1.29, 1.82) is 0 Å². The number of carbonyl (C=O) groups is 2. The number of rotatable bonds is 3. The summed E-state index contributed by atoms with van der Waals surface area (Å²) in [5.74, 6) is -0.940. The van der Waals surface area contributed by atoms with E-state index in [1.54, 1.807) is 30.3 Å². The summed E-state index contributed by atoms with van der Waals surface area (Å²) in [5, 5.41) is 21.8. The van der Waals surface area contributed by atoms with Gasteiger partial charge in [-0.1, -0.05) is 51.1 Å². The van der Waals surface area contributed by atoms with E-state index in [2.05, 4.69) is 0 Å². The van der Waals surface area contributed by atoms with Gasteiger partial charge in [-0.3, -0.25) is 19.7 Å². The first-order valence-electron chi connectivity index (χ1n) is 9.69. The molecule has 0 unspecified atom stereocenters. The van der Waals surface area contributed by atoms with Crippen molar-refractivity contribution in [3.05, 3.63) is 87.5 Å². The Bertz CT molecular complexity index is 1240. The predicted octanol–water partition coefficient (Wildman–Crippen LogP) is 5.07. The van der Waals surface area contributed by atoms with Crippen LogP contribution in [0.3, 0.4) is 0 Å². The van der Waals surface area contributed by atoms with Gasteiger partial charge in [-0.2, -0.15) is 0 Å². The number of aromatic hydroxyl groups is 1. The monoisotopic (exact) mass is 416 g/mol. The molecule has 0 bridgehead atoms. The second-order valence-electron chi connectivity index (χ2n) is 8.43. The summed E-state index contributed by atoms with van der Waals surface area (Å²) >= 11 is 0. The molecule has 1 N–H and O–H groups in total. The number of nitrogens with zero attached hydrogens (tertiary/aromatic N) is 2. The number of anilines is 1. The van der Waals surface area contributed by atoms with Crippen molar-refractivity contribution in [2.75, 3.05) is 4.90 Å². The van der Waals surface area contributed by atoms with Gasteiger partial charge in [-0.25, -0.2) is 4.90 Å². The van der Waals surface area contributed by atoms with Crippen LogP contribution in [-0.2, 0) is 5.41 Å². The number of nitro groups is 1. The largest absolute Gasteiger partial charge is 0.507 e. The Kier molecular flexibility index (Phi) is 4.61. The number of carbonyl (C=O) groups excluding carboxylic acids is 2. The van der Waals surface area contributed by atoms with Crippen molar-refractivity contribution in [2.24, 2.45) is 0 Å². The molecule has 1 heterocycles. The topological polar surface area (TPSA) is 101 Å². The first-order valence-corrected chi connectivity index (χ1v) is 9.69. The van der Waals surface area contributed by atoms with Crippen LogP contribution < -0.4 is 4.90 Å². The molecule has 156 valence electrons. The fraction of sp³-hybridized carbons (Fsp3) is 0.167. The van der Waals surface area contributed by atoms with E-state index in [0.29, 0.717) is 11.3 Å². The van der Waals surface area contributed by atoms with Crippen LogP contribution in [0.4, 0.5) is 11.4 Å². The number of amides is 2. The molecule has 0 atom stereocenters. The zero-order valence-corrected chi connectivity index (χ0v) is 17.2. The van der Waals surface area contributed by atoms with Gasteiger partial charge < -0.3 is 5.11 Å². The van der Waals surface area contributed by atoms with Crippen molar-refractivity contribution in [3.63, 3.8) is 0 Å². The van der Waals surface area contributed by atoms with E-state index < -0.39 is 16.7 Å². The van der Waals surface area contributed by atoms with Gasteiger partial charge >= 0.3 is 0 Å². The van der Waals surface area contributed by atoms with Crippen LogP contribution in [-0.4, -0.2) is 21.8 Å². The Morgan fingerprint density at radius 2 is 1.52 bits per heavy atom. The van der Waals surface area contributed by atoms with Crippen molar-refractivity contribution >= 4 is 23.2 Å². The average Bonchev–Trinajstić information content (AvgIpc) is 2.97. The molecule has 1 aliphatic heterocycles. The third-order valence-corrected chi connectivity index (χ3v) is 5.36. The molecule has 0 radical (unpaired) electrons. The van der Waals surface area contributed by atoms with E-state index in [1.807, 2.05) is 32.9 Å². The minimum Gasteiger partial charge on any atom is -0.507 e. The number of hydrogen-bond acceptors (Lipinski definition) is 5. The van der Waals surface area contributed by atoms with Crippen LogP contribution in [0, 0.1) is 10.1 Å². The summed E-state index contributed by atoms with van der Waals surface area (Å²) in [5.41, 5.74) is 2.22. The lowest BCUT2D eigenvalue weighted by Crippen LogP contribution is -2.29. The van der Waals surface area contributed by atoms with E-state index in [9.17, 15) is 24.8 Å². The van der Waals surface area contributed by atoms with Crippen LogP contribution in [0.1, 0.15) is 47.1 Å². The van der Waals surface area contributed by atoms with Crippen LogP contribution >= 0.6 is 0 Å². The molecule has 31 heavy (non-hydrogen) atoms. The van der Waals surface area contributed by atoms with E-state index in [0.717, 1.165) is 22.1 Å². The molecule has 0 saturated heterocycles. The molecular formula is C24H20N2O5. The van der Waals surface area contributed by atoms with Crippen molar-refractivity contribution in [1.82, 2.24) is 0 Å². The highest BCUT2D eigenvalue weighted by Gasteiger charge is 2.37. The van der Waals surface area contributed by atoms with Crippen molar-refractivity contribution in [2.45, 2.75) is 26.2 Å². The Morgan fingerprint density at radius 1 is 0.871 bits per heavy atom. The minimum atomic E-state index is -0.604. The van der Waals surface area contributed by atoms with Crippen LogP contribution in [0.15, 0.2) is 60.7 Å². The molecule has 7 heteroatoms. The fourth-order valence-corrected chi connectivity index (χ4v) is 3.75. The van der Waals surface area contributed by atoms with E-state index in [1.165, 1.54) is 12.1 Å². The quantitative estimate of drug-likeness (QED) is 0.365. The summed E-state index contributed by atoms with van der Waals surface area (Å²) in [6.07, 6.45) is 0. The highest BCUT2D eigenvalue weighted by Crippen LogP contribution is 2.39. The fourth-order valence-electron chi connectivity index (χ4n) is 3.75. The number of phenols is 1. The third-order valence-electron chi connectivity index (χ3n) is 5.36. The SMILES string of the molecule is CC(C)(C)c1cccc(-c2ccc(N3C(=O)c4ccc([N+](=O)[O-])cc4C3=O)cc2)c1O. The summed E-state index contributed by atoms with van der Waals surface area (Å²) in [4.78, 5) is 36.9. The standard InChI is InChI=1S/C24H20N2O5/c1-24(2,3)20-6-4-5-17(21(20)27)14-7-9-15(10-8-14)25-22(28)18-12-11-16(26(30)31)13-19(18)23(25)29/h4-13,27H,1-3H3. The molecule has 2 amide bonds. The maximum Gasteiger partial charge on any atom is 0.270 e. The number of imide groups is 1. The summed E-state index contributed by atoms with van der Waals surface area (Å²) in [7, 11) is 0. The van der Waals surface area contributed by atoms with Gasteiger partial charge in [-0.15, -0.1) is 0 Å². The number of phenolic OH excluding ortho intramolecular Hbond substituents is 1. The summed E-state index contributed by atoms with van der Waals surface area (Å²) in [6, 6.07) is 15.9. The minimum absolute atomic E-state index is 0.0128. The maximum absolute atomic E-state index is 12.8. The zero-order chi connectivity index (χ0) is 22.5. The Balaban J connectivity index is 1.69. The lowest BCUT2D eigenvalue weighted by atomic mass is 9.84. The highest BCUT2D eigenvalue weighted by molar-refractivity contribution is 6.34. The first kappa shape index (κ1) is 20.3. The van der Waals surface area contributed by atoms with Gasteiger partial charge in [0.2, 0.25) is 0 Å². The molecule has 3 aromatic carbocycles. The second-order valence-corrected chi connectivity index (χ2v) is 8.43. The van der Waals surface area contributed by atoms with Crippen molar-refractivity contribution < 1.29 is 19.6 Å². The lowest BCUT2D eigenvalue weighted by molar-refractivity contribution is -0.384. The molecule has 0 aliphatic carbocycles. The summed E-state index contributed by atoms with van der Waals surface area (Å²) in [6.45, 7) is 6.05. The average molecular weight is 416 g/mol. The number of nitro benzene ring substituents is 1. The second kappa shape index (κ2) is 7.05. The van der Waals surface area contributed by atoms with Gasteiger partial charge in [0.25, 0.3) is 17.5 Å². The molecule has 0 spiro atoms. The molecule has 3 aromatic rings. The molecule has 7 nitrogen and oxygen atoms in total. The third kappa shape index (κ3) is 3.34. The number of non-ortho nitro benzene ring substituents is 1. The Hall–Kier alpha value is -4.00. The Labute approximate surface area is 178 Å². The zero-order valence-electron chi connectivity index (χ0n) is 17.2. The van der Waals surface area contributed by atoms with Crippen LogP contribution in [0.5, 0.6) is 5.75 Å². The highest BCUT2D eigenvalue weighted by atomic mass is 16.6. The molecule has 0 fully saturated rings.